The molecule has 4 aliphatic rings. The van der Waals surface area contributed by atoms with E-state index in [1.54, 1.807) is 18.2 Å². The summed E-state index contributed by atoms with van der Waals surface area (Å²) in [5, 5.41) is 39.7. The smallest absolute Gasteiger partial charge is 0.231 e. The van der Waals surface area contributed by atoms with E-state index in [1.165, 1.54) is 7.11 Å². The lowest BCUT2D eigenvalue weighted by atomic mass is 9.89. The van der Waals surface area contributed by atoms with Gasteiger partial charge in [-0.25, -0.2) is 0 Å². The molecule has 0 bridgehead atoms. The first-order valence-corrected chi connectivity index (χ1v) is 12.4. The fraction of sp³-hybridized carbons (Fsp3) is 0.538. The van der Waals surface area contributed by atoms with Gasteiger partial charge in [-0.05, 0) is 29.8 Å². The Balaban J connectivity index is 1.12. The number of aliphatic hydroxyl groups excluding tert-OH is 4. The quantitative estimate of drug-likeness (QED) is 0.387. The normalized spacial score (nSPS) is 35.7. The zero-order valence-electron chi connectivity index (χ0n) is 20.5. The number of fused-ring (bicyclic) bond motifs is 2. The number of methoxy groups -OCH3 is 1. The third-order valence-corrected chi connectivity index (χ3v) is 7.41. The molecule has 0 amide bonds. The SMILES string of the molecule is COc1cc(O[C@H]2OC[C@H]3[C@@H]2CO[C@@H]3c2ccc3c(c2)OCO3)ccc1O[C@@H]1O[C@H](CO)[C@@H](O)[C@H](O)[C@H]1O. The maximum atomic E-state index is 10.3. The lowest BCUT2D eigenvalue weighted by molar-refractivity contribution is -0.277. The Bertz CT molecular complexity index is 1140. The molecule has 0 saturated carbocycles. The van der Waals surface area contributed by atoms with Crippen LogP contribution in [0, 0.1) is 11.8 Å². The molecule has 0 spiro atoms. The Morgan fingerprint density at radius 3 is 2.45 bits per heavy atom. The summed E-state index contributed by atoms with van der Waals surface area (Å²) in [5.41, 5.74) is 1.00. The molecule has 0 unspecified atom stereocenters. The number of hydrogen-bond acceptors (Lipinski definition) is 12. The molecule has 2 aromatic rings. The molecule has 9 atom stereocenters. The summed E-state index contributed by atoms with van der Waals surface area (Å²) in [6.45, 7) is 0.608. The van der Waals surface area contributed by atoms with Gasteiger partial charge >= 0.3 is 0 Å². The Morgan fingerprint density at radius 2 is 1.63 bits per heavy atom. The fourth-order valence-corrected chi connectivity index (χ4v) is 5.30. The minimum absolute atomic E-state index is 0.0152. The standard InChI is InChI=1S/C26H30O12/c1-31-18-7-13(3-5-17(18)37-26-23(30)22(29)21(28)20(8-27)38-26)36-25-15-10-32-24(14(15)9-33-25)12-2-4-16-19(6-12)35-11-34-16/h2-7,14-15,20-30H,8-11H2,1H3/t14-,15-,20+,21+,22-,23+,24+,25+,26+/m0/s1. The average molecular weight is 535 g/mol. The molecule has 4 N–H and O–H groups in total. The van der Waals surface area contributed by atoms with Crippen LogP contribution in [0.1, 0.15) is 11.7 Å². The minimum atomic E-state index is -1.55. The van der Waals surface area contributed by atoms with Gasteiger partial charge in [0.05, 0.1) is 39.0 Å². The fourth-order valence-electron chi connectivity index (χ4n) is 5.30. The molecule has 4 heterocycles. The van der Waals surface area contributed by atoms with Gasteiger partial charge < -0.3 is 58.3 Å². The summed E-state index contributed by atoms with van der Waals surface area (Å²) in [6, 6.07) is 10.7. The van der Waals surface area contributed by atoms with Gasteiger partial charge in [0.25, 0.3) is 0 Å². The molecule has 0 aliphatic carbocycles. The highest BCUT2D eigenvalue weighted by Gasteiger charge is 2.49. The van der Waals surface area contributed by atoms with E-state index in [1.807, 2.05) is 18.2 Å². The second-order valence-corrected chi connectivity index (χ2v) is 9.64. The number of rotatable bonds is 7. The van der Waals surface area contributed by atoms with Crippen LogP contribution in [0.5, 0.6) is 28.7 Å². The summed E-state index contributed by atoms with van der Waals surface area (Å²) in [6.07, 6.45) is -7.68. The zero-order valence-corrected chi connectivity index (χ0v) is 20.5. The molecule has 206 valence electrons. The maximum Gasteiger partial charge on any atom is 0.231 e. The Hall–Kier alpha value is -2.84. The predicted octanol–water partition coefficient (Wildman–Crippen LogP) is 0.342. The van der Waals surface area contributed by atoms with Crippen LogP contribution in [-0.4, -0.2) is 91.1 Å². The summed E-state index contributed by atoms with van der Waals surface area (Å²) in [7, 11) is 1.45. The van der Waals surface area contributed by atoms with Crippen molar-refractivity contribution in [2.45, 2.75) is 43.1 Å². The first-order chi connectivity index (χ1) is 18.5. The van der Waals surface area contributed by atoms with Gasteiger partial charge in [0, 0.05) is 12.0 Å². The van der Waals surface area contributed by atoms with E-state index in [2.05, 4.69) is 0 Å². The first kappa shape index (κ1) is 25.4. The molecule has 3 saturated heterocycles. The van der Waals surface area contributed by atoms with E-state index in [9.17, 15) is 20.4 Å². The average Bonchev–Trinajstić information content (AvgIpc) is 3.67. The molecular formula is C26H30O12. The minimum Gasteiger partial charge on any atom is -0.493 e. The number of benzene rings is 2. The number of hydrogen-bond donors (Lipinski definition) is 4. The van der Waals surface area contributed by atoms with Crippen LogP contribution in [0.2, 0.25) is 0 Å². The molecular weight excluding hydrogens is 504 g/mol. The second-order valence-electron chi connectivity index (χ2n) is 9.64. The Kier molecular flexibility index (Phi) is 6.95. The van der Waals surface area contributed by atoms with Crippen LogP contribution < -0.4 is 23.7 Å². The van der Waals surface area contributed by atoms with Crippen molar-refractivity contribution in [1.82, 2.24) is 0 Å². The molecule has 0 aromatic heterocycles. The highest BCUT2D eigenvalue weighted by Crippen LogP contribution is 2.47. The van der Waals surface area contributed by atoms with Gasteiger partial charge in [0.2, 0.25) is 19.4 Å². The van der Waals surface area contributed by atoms with Crippen molar-refractivity contribution in [2.75, 3.05) is 33.7 Å². The van der Waals surface area contributed by atoms with Crippen LogP contribution in [0.15, 0.2) is 36.4 Å². The van der Waals surface area contributed by atoms with Gasteiger partial charge in [-0.2, -0.15) is 0 Å². The first-order valence-electron chi connectivity index (χ1n) is 12.4. The van der Waals surface area contributed by atoms with E-state index >= 15 is 0 Å². The lowest BCUT2D eigenvalue weighted by Crippen LogP contribution is -2.60. The predicted molar refractivity (Wildman–Crippen MR) is 126 cm³/mol. The molecule has 12 heteroatoms. The van der Waals surface area contributed by atoms with Crippen molar-refractivity contribution in [1.29, 1.82) is 0 Å². The van der Waals surface area contributed by atoms with Crippen molar-refractivity contribution in [2.24, 2.45) is 11.8 Å². The molecule has 12 nitrogen and oxygen atoms in total. The largest absolute Gasteiger partial charge is 0.493 e. The molecule has 0 radical (unpaired) electrons. The van der Waals surface area contributed by atoms with Crippen molar-refractivity contribution in [3.8, 4) is 28.7 Å². The molecule has 38 heavy (non-hydrogen) atoms. The summed E-state index contributed by atoms with van der Waals surface area (Å²) in [4.78, 5) is 0. The highest BCUT2D eigenvalue weighted by atomic mass is 16.7. The maximum absolute atomic E-state index is 10.3. The van der Waals surface area contributed by atoms with Gasteiger partial charge in [-0.3, -0.25) is 0 Å². The van der Waals surface area contributed by atoms with Crippen molar-refractivity contribution >= 4 is 0 Å². The number of ether oxygens (including phenoxy) is 8. The molecule has 4 aliphatic heterocycles. The summed E-state index contributed by atoms with van der Waals surface area (Å²) in [5.74, 6) is 2.52. The Morgan fingerprint density at radius 1 is 0.816 bits per heavy atom. The van der Waals surface area contributed by atoms with Crippen LogP contribution >= 0.6 is 0 Å². The third-order valence-electron chi connectivity index (χ3n) is 7.41. The van der Waals surface area contributed by atoms with Crippen LogP contribution in [0.25, 0.3) is 0 Å². The van der Waals surface area contributed by atoms with Crippen molar-refractivity contribution in [3.63, 3.8) is 0 Å². The van der Waals surface area contributed by atoms with E-state index in [-0.39, 0.29) is 36.2 Å². The third kappa shape index (κ3) is 4.51. The topological polar surface area (TPSA) is 155 Å². The van der Waals surface area contributed by atoms with Crippen molar-refractivity contribution < 1.29 is 58.3 Å². The van der Waals surface area contributed by atoms with Gasteiger partial charge in [0.1, 0.15) is 30.2 Å². The van der Waals surface area contributed by atoms with Crippen LogP contribution in [0.3, 0.4) is 0 Å². The summed E-state index contributed by atoms with van der Waals surface area (Å²) < 4.78 is 45.8. The van der Waals surface area contributed by atoms with Crippen molar-refractivity contribution in [3.05, 3.63) is 42.0 Å². The van der Waals surface area contributed by atoms with E-state index < -0.39 is 43.6 Å². The van der Waals surface area contributed by atoms with E-state index in [0.29, 0.717) is 24.7 Å². The number of aliphatic hydroxyl groups is 4. The second kappa shape index (κ2) is 10.4. The summed E-state index contributed by atoms with van der Waals surface area (Å²) >= 11 is 0. The van der Waals surface area contributed by atoms with Gasteiger partial charge in [-0.15, -0.1) is 0 Å². The zero-order chi connectivity index (χ0) is 26.4. The Labute approximate surface area is 218 Å². The lowest BCUT2D eigenvalue weighted by Gasteiger charge is -2.39. The van der Waals surface area contributed by atoms with E-state index in [4.69, 9.17) is 37.9 Å². The van der Waals surface area contributed by atoms with Gasteiger partial charge in [0.15, 0.2) is 23.0 Å². The van der Waals surface area contributed by atoms with Gasteiger partial charge in [-0.1, -0.05) is 6.07 Å². The molecule has 2 aromatic carbocycles. The molecule has 6 rings (SSSR count). The monoisotopic (exact) mass is 534 g/mol. The van der Waals surface area contributed by atoms with E-state index in [0.717, 1.165) is 11.3 Å². The highest BCUT2D eigenvalue weighted by molar-refractivity contribution is 5.46. The molecule has 3 fully saturated rings. The van der Waals surface area contributed by atoms with Crippen LogP contribution in [-0.2, 0) is 14.2 Å². The van der Waals surface area contributed by atoms with Crippen LogP contribution in [0.4, 0.5) is 0 Å².